The molecule has 0 aliphatic rings. The van der Waals surface area contributed by atoms with Gasteiger partial charge in [0.1, 0.15) is 0 Å². The largest absolute Gasteiger partial charge is 0.351 e. The summed E-state index contributed by atoms with van der Waals surface area (Å²) in [6.07, 6.45) is 1.67. The van der Waals surface area contributed by atoms with Crippen LogP contribution in [0.25, 0.3) is 11.4 Å². The molecule has 24 heavy (non-hydrogen) atoms. The molecule has 1 heterocycles. The number of allylic oxidation sites excluding steroid dienone is 1. The number of aromatic nitrogens is 3. The summed E-state index contributed by atoms with van der Waals surface area (Å²) >= 11 is 13.2. The van der Waals surface area contributed by atoms with Crippen molar-refractivity contribution in [2.45, 2.75) is 11.7 Å². The van der Waals surface area contributed by atoms with Gasteiger partial charge in [-0.05, 0) is 18.2 Å². The van der Waals surface area contributed by atoms with Crippen LogP contribution in [0, 0.1) is 0 Å². The Balaban J connectivity index is 2.28. The van der Waals surface area contributed by atoms with Crippen LogP contribution in [0.4, 0.5) is 4.79 Å². The molecule has 2 rings (SSSR count). The van der Waals surface area contributed by atoms with Crippen LogP contribution in [0.3, 0.4) is 0 Å². The van der Waals surface area contributed by atoms with Crippen molar-refractivity contribution < 1.29 is 9.59 Å². The Kier molecular flexibility index (Phi) is 6.24. The average molecular weight is 386 g/mol. The molecule has 0 fully saturated rings. The summed E-state index contributed by atoms with van der Waals surface area (Å²) in [4.78, 5) is 22.2. The van der Waals surface area contributed by atoms with Gasteiger partial charge < -0.3 is 5.73 Å². The zero-order valence-corrected chi connectivity index (χ0v) is 14.7. The number of hydrogen-bond acceptors (Lipinski definition) is 5. The molecule has 0 unspecified atom stereocenters. The van der Waals surface area contributed by atoms with E-state index in [9.17, 15) is 9.59 Å². The van der Waals surface area contributed by atoms with E-state index in [1.807, 2.05) is 5.32 Å². The summed E-state index contributed by atoms with van der Waals surface area (Å²) in [5, 5.41) is 11.6. The number of urea groups is 1. The van der Waals surface area contributed by atoms with Crippen molar-refractivity contribution in [3.05, 3.63) is 40.9 Å². The van der Waals surface area contributed by atoms with E-state index >= 15 is 0 Å². The maximum Gasteiger partial charge on any atom is 0.318 e. The second-order valence-electron chi connectivity index (χ2n) is 4.53. The van der Waals surface area contributed by atoms with Gasteiger partial charge in [0.15, 0.2) is 11.0 Å². The molecule has 2 aromatic rings. The zero-order valence-electron chi connectivity index (χ0n) is 12.3. The van der Waals surface area contributed by atoms with E-state index in [4.69, 9.17) is 28.9 Å². The van der Waals surface area contributed by atoms with Crippen molar-refractivity contribution in [3.8, 4) is 11.4 Å². The number of rotatable bonds is 6. The zero-order chi connectivity index (χ0) is 17.7. The molecule has 0 bridgehead atoms. The standard InChI is InChI=1S/C14H13Cl2N5O2S/c1-2-5-21-12(9-4-3-8(15)6-10(9)16)19-20-14(21)24-7-11(22)18-13(17)23/h2-4,6H,1,5,7H2,(H3,17,18,22,23). The number of imide groups is 1. The number of nitrogens with one attached hydrogen (secondary N) is 1. The minimum Gasteiger partial charge on any atom is -0.351 e. The molecule has 0 atom stereocenters. The van der Waals surface area contributed by atoms with Gasteiger partial charge in [-0.2, -0.15) is 0 Å². The lowest BCUT2D eigenvalue weighted by Crippen LogP contribution is -2.36. The van der Waals surface area contributed by atoms with Gasteiger partial charge >= 0.3 is 6.03 Å². The number of carbonyl (C=O) groups is 2. The fourth-order valence-electron chi connectivity index (χ4n) is 1.86. The lowest BCUT2D eigenvalue weighted by molar-refractivity contribution is -0.117. The van der Waals surface area contributed by atoms with Crippen LogP contribution >= 0.6 is 35.0 Å². The van der Waals surface area contributed by atoms with Gasteiger partial charge in [0.05, 0.1) is 10.8 Å². The minimum absolute atomic E-state index is 0.0352. The molecule has 3 amide bonds. The van der Waals surface area contributed by atoms with E-state index in [0.29, 0.717) is 33.1 Å². The van der Waals surface area contributed by atoms with E-state index in [1.54, 1.807) is 28.8 Å². The van der Waals surface area contributed by atoms with Gasteiger partial charge in [0.25, 0.3) is 0 Å². The average Bonchev–Trinajstić information content (AvgIpc) is 2.88. The first-order valence-corrected chi connectivity index (χ1v) is 8.38. The van der Waals surface area contributed by atoms with Gasteiger partial charge in [0.2, 0.25) is 5.91 Å². The van der Waals surface area contributed by atoms with Crippen LogP contribution in [0.5, 0.6) is 0 Å². The van der Waals surface area contributed by atoms with Crippen LogP contribution in [-0.4, -0.2) is 32.5 Å². The highest BCUT2D eigenvalue weighted by molar-refractivity contribution is 7.99. The lowest BCUT2D eigenvalue weighted by atomic mass is 10.2. The van der Waals surface area contributed by atoms with Crippen LogP contribution in [0.15, 0.2) is 36.0 Å². The third-order valence-electron chi connectivity index (χ3n) is 2.80. The lowest BCUT2D eigenvalue weighted by Gasteiger charge is -2.09. The number of nitrogens with zero attached hydrogens (tertiary/aromatic N) is 3. The topological polar surface area (TPSA) is 103 Å². The van der Waals surface area contributed by atoms with Crippen molar-refractivity contribution in [1.82, 2.24) is 20.1 Å². The molecule has 7 nitrogen and oxygen atoms in total. The molecule has 1 aromatic heterocycles. The molecular formula is C14H13Cl2N5O2S. The van der Waals surface area contributed by atoms with Gasteiger partial charge in [-0.25, -0.2) is 4.79 Å². The third kappa shape index (κ3) is 4.50. The smallest absolute Gasteiger partial charge is 0.318 e. The number of hydrogen-bond donors (Lipinski definition) is 2. The first kappa shape index (κ1) is 18.3. The second-order valence-corrected chi connectivity index (χ2v) is 6.32. The molecule has 10 heteroatoms. The molecule has 126 valence electrons. The number of amides is 3. The number of primary amides is 1. The Morgan fingerprint density at radius 3 is 2.75 bits per heavy atom. The Hall–Kier alpha value is -2.03. The first-order chi connectivity index (χ1) is 11.4. The van der Waals surface area contributed by atoms with Crippen LogP contribution in [0.1, 0.15) is 0 Å². The maximum atomic E-state index is 11.5. The predicted octanol–water partition coefficient (Wildman–Crippen LogP) is 2.72. The summed E-state index contributed by atoms with van der Waals surface area (Å²) in [7, 11) is 0. The molecule has 0 spiro atoms. The molecule has 3 N–H and O–H groups in total. The number of nitrogens with two attached hydrogens (primary N) is 1. The number of thioether (sulfide) groups is 1. The molecule has 0 aliphatic carbocycles. The molecule has 0 saturated carbocycles. The van der Waals surface area contributed by atoms with E-state index in [0.717, 1.165) is 11.8 Å². The highest BCUT2D eigenvalue weighted by Crippen LogP contribution is 2.31. The predicted molar refractivity (Wildman–Crippen MR) is 94.1 cm³/mol. The quantitative estimate of drug-likeness (QED) is 0.587. The Labute approximate surface area is 152 Å². The highest BCUT2D eigenvalue weighted by atomic mass is 35.5. The van der Waals surface area contributed by atoms with Crippen molar-refractivity contribution in [2.24, 2.45) is 5.73 Å². The molecule has 1 aromatic carbocycles. The molecule has 0 radical (unpaired) electrons. The van der Waals surface area contributed by atoms with Gasteiger partial charge in [0, 0.05) is 17.1 Å². The highest BCUT2D eigenvalue weighted by Gasteiger charge is 2.17. The Bertz CT molecular complexity index is 793. The number of benzene rings is 1. The normalized spacial score (nSPS) is 10.4. The fourth-order valence-corrected chi connectivity index (χ4v) is 3.10. The van der Waals surface area contributed by atoms with Crippen molar-refractivity contribution in [2.75, 3.05) is 5.75 Å². The summed E-state index contributed by atoms with van der Waals surface area (Å²) in [6.45, 7) is 4.12. The summed E-state index contributed by atoms with van der Waals surface area (Å²) < 4.78 is 1.75. The van der Waals surface area contributed by atoms with Crippen molar-refractivity contribution in [3.63, 3.8) is 0 Å². The van der Waals surface area contributed by atoms with Crippen LogP contribution < -0.4 is 11.1 Å². The van der Waals surface area contributed by atoms with E-state index in [-0.39, 0.29) is 5.75 Å². The second kappa shape index (κ2) is 8.18. The molecule has 0 aliphatic heterocycles. The molecule has 0 saturated heterocycles. The maximum absolute atomic E-state index is 11.5. The Morgan fingerprint density at radius 2 is 2.12 bits per heavy atom. The van der Waals surface area contributed by atoms with Gasteiger partial charge in [-0.1, -0.05) is 41.0 Å². The first-order valence-electron chi connectivity index (χ1n) is 6.64. The summed E-state index contributed by atoms with van der Waals surface area (Å²) in [6, 6.07) is 4.14. The number of halogens is 2. The van der Waals surface area contributed by atoms with Gasteiger partial charge in [-0.15, -0.1) is 16.8 Å². The Morgan fingerprint density at radius 1 is 1.38 bits per heavy atom. The van der Waals surface area contributed by atoms with Crippen LogP contribution in [-0.2, 0) is 11.3 Å². The number of carbonyl (C=O) groups excluding carboxylic acids is 2. The third-order valence-corrected chi connectivity index (χ3v) is 4.31. The van der Waals surface area contributed by atoms with Crippen molar-refractivity contribution >= 4 is 46.9 Å². The monoisotopic (exact) mass is 385 g/mol. The van der Waals surface area contributed by atoms with Crippen molar-refractivity contribution in [1.29, 1.82) is 0 Å². The summed E-state index contributed by atoms with van der Waals surface area (Å²) in [5.74, 6) is -0.0341. The van der Waals surface area contributed by atoms with Crippen LogP contribution in [0.2, 0.25) is 10.0 Å². The SMILES string of the molecule is C=CCn1c(SCC(=O)NC(N)=O)nnc1-c1ccc(Cl)cc1Cl. The van der Waals surface area contributed by atoms with E-state index < -0.39 is 11.9 Å². The van der Waals surface area contributed by atoms with E-state index in [2.05, 4.69) is 16.8 Å². The summed E-state index contributed by atoms with van der Waals surface area (Å²) in [5.41, 5.74) is 5.55. The molecular weight excluding hydrogens is 373 g/mol. The fraction of sp³-hybridized carbons (Fsp3) is 0.143. The van der Waals surface area contributed by atoms with E-state index in [1.165, 1.54) is 0 Å². The van der Waals surface area contributed by atoms with Gasteiger partial charge in [-0.3, -0.25) is 14.7 Å². The minimum atomic E-state index is -0.901.